The molecular weight excluding hydrogens is 274 g/mol. The third-order valence-corrected chi connectivity index (χ3v) is 3.55. The van der Waals surface area contributed by atoms with Crippen LogP contribution in [0.3, 0.4) is 0 Å². The summed E-state index contributed by atoms with van der Waals surface area (Å²) in [5, 5.41) is 20.7. The molecule has 0 aliphatic carbocycles. The first kappa shape index (κ1) is 13.8. The van der Waals surface area contributed by atoms with Gasteiger partial charge in [-0.05, 0) is 18.2 Å². The molecule has 112 valence electrons. The summed E-state index contributed by atoms with van der Waals surface area (Å²) in [6.07, 6.45) is 0.580. The van der Waals surface area contributed by atoms with Crippen LogP contribution in [0, 0.1) is 0 Å². The number of carbonyl (C=O) groups excluding carboxylic acids is 1. The Morgan fingerprint density at radius 3 is 3.05 bits per heavy atom. The number of guanidine groups is 1. The maximum atomic E-state index is 11.7. The Labute approximate surface area is 121 Å². The van der Waals surface area contributed by atoms with Gasteiger partial charge in [-0.3, -0.25) is 10.1 Å². The topological polar surface area (TPSA) is 94.4 Å². The van der Waals surface area contributed by atoms with Crippen LogP contribution in [0.1, 0.15) is 12.0 Å². The number of fused-ring (bicyclic) bond motifs is 2. The SMILES string of the molecule is O=C1NC2=Nc3ccc(OCCCO)cc3CN2C1CO. The first-order valence-corrected chi connectivity index (χ1v) is 6.86. The average Bonchev–Trinajstić information content (AvgIpc) is 2.79. The lowest BCUT2D eigenvalue weighted by Crippen LogP contribution is -2.39. The van der Waals surface area contributed by atoms with Crippen LogP contribution in [0.2, 0.25) is 0 Å². The van der Waals surface area contributed by atoms with Gasteiger partial charge < -0.3 is 19.8 Å². The Kier molecular flexibility index (Phi) is 3.76. The summed E-state index contributed by atoms with van der Waals surface area (Å²) < 4.78 is 5.54. The molecule has 7 nitrogen and oxygen atoms in total. The lowest BCUT2D eigenvalue weighted by atomic mass is 10.1. The predicted octanol–water partition coefficient (Wildman–Crippen LogP) is -0.258. The standard InChI is InChI=1S/C14H17N3O4/c18-4-1-5-21-10-2-3-11-9(6-10)7-17-12(8-19)13(20)16-14(17)15-11/h2-3,6,12,18-19H,1,4-5,7-8H2,(H,15,16,20). The van der Waals surface area contributed by atoms with Crippen molar-refractivity contribution in [2.45, 2.75) is 19.0 Å². The summed E-state index contributed by atoms with van der Waals surface area (Å²) in [6, 6.07) is 4.95. The number of aliphatic hydroxyl groups is 2. The van der Waals surface area contributed by atoms with Crippen molar-refractivity contribution < 1.29 is 19.7 Å². The minimum atomic E-state index is -0.587. The number of nitrogens with zero attached hydrogens (tertiary/aromatic N) is 2. The summed E-state index contributed by atoms with van der Waals surface area (Å²) in [5.41, 5.74) is 1.73. The number of aliphatic imine (C=N–C) groups is 1. The van der Waals surface area contributed by atoms with E-state index in [2.05, 4.69) is 10.3 Å². The molecular formula is C14H17N3O4. The smallest absolute Gasteiger partial charge is 0.251 e. The van der Waals surface area contributed by atoms with Crippen LogP contribution in [-0.4, -0.2) is 52.8 Å². The first-order valence-electron chi connectivity index (χ1n) is 6.86. The summed E-state index contributed by atoms with van der Waals surface area (Å²) in [5.74, 6) is 0.962. The zero-order valence-electron chi connectivity index (χ0n) is 11.5. The highest BCUT2D eigenvalue weighted by molar-refractivity contribution is 6.07. The number of nitrogens with one attached hydrogen (secondary N) is 1. The monoisotopic (exact) mass is 291 g/mol. The molecule has 3 rings (SSSR count). The Morgan fingerprint density at radius 1 is 1.43 bits per heavy atom. The average molecular weight is 291 g/mol. The predicted molar refractivity (Wildman–Crippen MR) is 75.3 cm³/mol. The van der Waals surface area contributed by atoms with Crippen LogP contribution in [0.15, 0.2) is 23.2 Å². The molecule has 1 fully saturated rings. The van der Waals surface area contributed by atoms with Gasteiger partial charge in [0.1, 0.15) is 11.8 Å². The summed E-state index contributed by atoms with van der Waals surface area (Å²) in [7, 11) is 0. The number of benzene rings is 1. The summed E-state index contributed by atoms with van der Waals surface area (Å²) in [4.78, 5) is 17.9. The number of carbonyl (C=O) groups is 1. The van der Waals surface area contributed by atoms with Crippen molar-refractivity contribution in [2.24, 2.45) is 4.99 Å². The zero-order valence-corrected chi connectivity index (χ0v) is 11.5. The van der Waals surface area contributed by atoms with Crippen molar-refractivity contribution in [2.75, 3.05) is 19.8 Å². The quantitative estimate of drug-likeness (QED) is 0.650. The van der Waals surface area contributed by atoms with E-state index in [-0.39, 0.29) is 19.1 Å². The fraction of sp³-hybridized carbons (Fsp3) is 0.429. The molecule has 2 aliphatic heterocycles. The normalized spacial score (nSPS) is 19.7. The van der Waals surface area contributed by atoms with Crippen LogP contribution < -0.4 is 10.1 Å². The van der Waals surface area contributed by atoms with Gasteiger partial charge in [-0.25, -0.2) is 4.99 Å². The van der Waals surface area contributed by atoms with Crippen molar-refractivity contribution >= 4 is 17.6 Å². The second-order valence-electron chi connectivity index (χ2n) is 4.97. The van der Waals surface area contributed by atoms with E-state index in [1.54, 1.807) is 4.90 Å². The Bertz CT molecular complexity index is 588. The van der Waals surface area contributed by atoms with Gasteiger partial charge in [-0.15, -0.1) is 0 Å². The number of hydrogen-bond acceptors (Lipinski definition) is 6. The van der Waals surface area contributed by atoms with Gasteiger partial charge in [-0.1, -0.05) is 0 Å². The van der Waals surface area contributed by atoms with E-state index in [0.29, 0.717) is 31.3 Å². The van der Waals surface area contributed by atoms with Gasteiger partial charge in [0.05, 0.1) is 18.9 Å². The zero-order chi connectivity index (χ0) is 14.8. The fourth-order valence-corrected chi connectivity index (χ4v) is 2.45. The van der Waals surface area contributed by atoms with E-state index in [1.807, 2.05) is 18.2 Å². The first-order chi connectivity index (χ1) is 10.2. The summed E-state index contributed by atoms with van der Waals surface area (Å²) in [6.45, 7) is 0.799. The van der Waals surface area contributed by atoms with Crippen LogP contribution in [0.4, 0.5) is 5.69 Å². The largest absolute Gasteiger partial charge is 0.493 e. The molecule has 0 radical (unpaired) electrons. The molecule has 0 bridgehead atoms. The molecule has 1 atom stereocenters. The van der Waals surface area contributed by atoms with E-state index in [0.717, 1.165) is 11.3 Å². The second-order valence-corrected chi connectivity index (χ2v) is 4.97. The number of ether oxygens (including phenoxy) is 1. The summed E-state index contributed by atoms with van der Waals surface area (Å²) >= 11 is 0. The van der Waals surface area contributed by atoms with Crippen LogP contribution in [0.5, 0.6) is 5.75 Å². The van der Waals surface area contributed by atoms with E-state index < -0.39 is 6.04 Å². The van der Waals surface area contributed by atoms with Crippen molar-refractivity contribution in [3.05, 3.63) is 23.8 Å². The van der Waals surface area contributed by atoms with Gasteiger partial charge >= 0.3 is 0 Å². The Morgan fingerprint density at radius 2 is 2.29 bits per heavy atom. The van der Waals surface area contributed by atoms with Gasteiger partial charge in [0.25, 0.3) is 5.91 Å². The molecule has 0 aromatic heterocycles. The number of aliphatic hydroxyl groups excluding tert-OH is 2. The molecule has 2 heterocycles. The third kappa shape index (κ3) is 2.57. The van der Waals surface area contributed by atoms with E-state index in [4.69, 9.17) is 9.84 Å². The lowest BCUT2D eigenvalue weighted by Gasteiger charge is -2.27. The van der Waals surface area contributed by atoms with E-state index in [9.17, 15) is 9.90 Å². The Hall–Kier alpha value is -2.12. The third-order valence-electron chi connectivity index (χ3n) is 3.55. The second kappa shape index (κ2) is 5.71. The number of rotatable bonds is 5. The van der Waals surface area contributed by atoms with Crippen LogP contribution in [0.25, 0.3) is 0 Å². The van der Waals surface area contributed by atoms with Crippen LogP contribution in [-0.2, 0) is 11.3 Å². The highest BCUT2D eigenvalue weighted by Crippen LogP contribution is 2.31. The van der Waals surface area contributed by atoms with Crippen molar-refractivity contribution in [3.63, 3.8) is 0 Å². The molecule has 1 unspecified atom stereocenters. The molecule has 3 N–H and O–H groups in total. The van der Waals surface area contributed by atoms with Gasteiger partial charge in [-0.2, -0.15) is 0 Å². The van der Waals surface area contributed by atoms with E-state index in [1.165, 1.54) is 0 Å². The minimum absolute atomic E-state index is 0.0956. The molecule has 2 aliphatic rings. The van der Waals surface area contributed by atoms with E-state index >= 15 is 0 Å². The molecule has 1 saturated heterocycles. The highest BCUT2D eigenvalue weighted by Gasteiger charge is 2.38. The van der Waals surface area contributed by atoms with Gasteiger partial charge in [0.2, 0.25) is 5.96 Å². The molecule has 1 aromatic carbocycles. The van der Waals surface area contributed by atoms with Crippen LogP contribution >= 0.6 is 0 Å². The highest BCUT2D eigenvalue weighted by atomic mass is 16.5. The Balaban J connectivity index is 1.81. The van der Waals surface area contributed by atoms with Crippen molar-refractivity contribution in [3.8, 4) is 5.75 Å². The maximum absolute atomic E-state index is 11.7. The van der Waals surface area contributed by atoms with Crippen molar-refractivity contribution in [1.29, 1.82) is 0 Å². The molecule has 21 heavy (non-hydrogen) atoms. The lowest BCUT2D eigenvalue weighted by molar-refractivity contribution is -0.122. The van der Waals surface area contributed by atoms with Gasteiger partial charge in [0.15, 0.2) is 0 Å². The molecule has 1 amide bonds. The minimum Gasteiger partial charge on any atom is -0.493 e. The number of hydrogen-bond donors (Lipinski definition) is 3. The molecule has 0 saturated carbocycles. The molecule has 1 aromatic rings. The molecule has 0 spiro atoms. The van der Waals surface area contributed by atoms with Gasteiger partial charge in [0, 0.05) is 25.1 Å². The number of amides is 1. The maximum Gasteiger partial charge on any atom is 0.251 e. The van der Waals surface area contributed by atoms with Crippen molar-refractivity contribution in [1.82, 2.24) is 10.2 Å². The molecule has 7 heteroatoms. The fourth-order valence-electron chi connectivity index (χ4n) is 2.45.